The van der Waals surface area contributed by atoms with Crippen molar-refractivity contribution in [3.05, 3.63) is 18.0 Å². The molecule has 17 heavy (non-hydrogen) atoms. The smallest absolute Gasteiger partial charge is 0.0534 e. The van der Waals surface area contributed by atoms with E-state index in [1.54, 1.807) is 0 Å². The fraction of sp³-hybridized carbons (Fsp3) is 0.750. The SMILES string of the molecule is CCn1cc(CN(C)CC(C)(C)CN)cn1.Cl. The largest absolute Gasteiger partial charge is 0.330 e. The summed E-state index contributed by atoms with van der Waals surface area (Å²) in [6.45, 7) is 10.1. The van der Waals surface area contributed by atoms with Crippen molar-refractivity contribution in [2.24, 2.45) is 11.1 Å². The summed E-state index contributed by atoms with van der Waals surface area (Å²) in [4.78, 5) is 2.30. The number of hydrogen-bond acceptors (Lipinski definition) is 3. The molecular formula is C12H25ClN4. The average Bonchev–Trinajstić information content (AvgIpc) is 2.64. The molecule has 1 aromatic rings. The second-order valence-corrected chi connectivity index (χ2v) is 5.24. The maximum Gasteiger partial charge on any atom is 0.0534 e. The third kappa shape index (κ3) is 5.52. The second-order valence-electron chi connectivity index (χ2n) is 5.24. The minimum absolute atomic E-state index is 0. The first kappa shape index (κ1) is 16.4. The van der Waals surface area contributed by atoms with Gasteiger partial charge in [0.25, 0.3) is 0 Å². The molecule has 0 atom stereocenters. The molecule has 0 aliphatic heterocycles. The fourth-order valence-electron chi connectivity index (χ4n) is 1.82. The quantitative estimate of drug-likeness (QED) is 0.848. The summed E-state index contributed by atoms with van der Waals surface area (Å²) in [5, 5.41) is 4.27. The second kappa shape index (κ2) is 6.99. The summed E-state index contributed by atoms with van der Waals surface area (Å²) in [6, 6.07) is 0. The van der Waals surface area contributed by atoms with Crippen molar-refractivity contribution in [1.82, 2.24) is 14.7 Å². The van der Waals surface area contributed by atoms with Crippen LogP contribution in [0.1, 0.15) is 26.3 Å². The summed E-state index contributed by atoms with van der Waals surface area (Å²) in [6.07, 6.45) is 4.04. The van der Waals surface area contributed by atoms with E-state index < -0.39 is 0 Å². The topological polar surface area (TPSA) is 47.1 Å². The standard InChI is InChI=1S/C12H24N4.ClH/c1-5-16-8-11(6-14-16)7-15(4)10-12(2,3)9-13;/h6,8H,5,7,9-10,13H2,1-4H3;1H. The van der Waals surface area contributed by atoms with Crippen LogP contribution in [0, 0.1) is 5.41 Å². The summed E-state index contributed by atoms with van der Waals surface area (Å²) in [5.41, 5.74) is 7.17. The normalized spacial score (nSPS) is 11.6. The number of rotatable bonds is 6. The molecule has 1 aromatic heterocycles. The third-order valence-corrected chi connectivity index (χ3v) is 2.71. The first-order valence-corrected chi connectivity index (χ1v) is 5.87. The van der Waals surface area contributed by atoms with Gasteiger partial charge in [-0.1, -0.05) is 13.8 Å². The van der Waals surface area contributed by atoms with Crippen molar-refractivity contribution >= 4 is 12.4 Å². The fourth-order valence-corrected chi connectivity index (χ4v) is 1.82. The Labute approximate surface area is 111 Å². The molecule has 5 heteroatoms. The van der Waals surface area contributed by atoms with Crippen LogP contribution < -0.4 is 5.73 Å². The van der Waals surface area contributed by atoms with Gasteiger partial charge in [-0.15, -0.1) is 12.4 Å². The van der Waals surface area contributed by atoms with E-state index >= 15 is 0 Å². The van der Waals surface area contributed by atoms with Crippen LogP contribution in [0.5, 0.6) is 0 Å². The lowest BCUT2D eigenvalue weighted by Gasteiger charge is -2.28. The molecule has 0 unspecified atom stereocenters. The number of hydrogen-bond donors (Lipinski definition) is 1. The van der Waals surface area contributed by atoms with Gasteiger partial charge in [0.15, 0.2) is 0 Å². The van der Waals surface area contributed by atoms with Crippen molar-refractivity contribution in [3.63, 3.8) is 0 Å². The highest BCUT2D eigenvalue weighted by Crippen LogP contribution is 2.15. The lowest BCUT2D eigenvalue weighted by Crippen LogP contribution is -2.36. The van der Waals surface area contributed by atoms with E-state index in [1.807, 2.05) is 10.9 Å². The molecular weight excluding hydrogens is 236 g/mol. The zero-order valence-electron chi connectivity index (χ0n) is 11.3. The maximum absolute atomic E-state index is 5.73. The van der Waals surface area contributed by atoms with Crippen LogP contribution >= 0.6 is 12.4 Å². The van der Waals surface area contributed by atoms with Crippen molar-refractivity contribution < 1.29 is 0 Å². The predicted molar refractivity (Wildman–Crippen MR) is 74.3 cm³/mol. The number of nitrogens with zero attached hydrogens (tertiary/aromatic N) is 3. The van der Waals surface area contributed by atoms with Gasteiger partial charge in [-0.05, 0) is 25.9 Å². The average molecular weight is 261 g/mol. The van der Waals surface area contributed by atoms with Crippen LogP contribution in [0.25, 0.3) is 0 Å². The van der Waals surface area contributed by atoms with Crippen LogP contribution in [0.4, 0.5) is 0 Å². The molecule has 0 radical (unpaired) electrons. The van der Waals surface area contributed by atoms with Gasteiger partial charge >= 0.3 is 0 Å². The van der Waals surface area contributed by atoms with E-state index in [-0.39, 0.29) is 17.8 Å². The maximum atomic E-state index is 5.73. The molecule has 0 saturated carbocycles. The highest BCUT2D eigenvalue weighted by atomic mass is 35.5. The van der Waals surface area contributed by atoms with Gasteiger partial charge in [0.2, 0.25) is 0 Å². The lowest BCUT2D eigenvalue weighted by atomic mass is 9.93. The Kier molecular flexibility index (Phi) is 6.75. The van der Waals surface area contributed by atoms with Gasteiger partial charge in [0.05, 0.1) is 6.20 Å². The monoisotopic (exact) mass is 260 g/mol. The molecule has 0 spiro atoms. The van der Waals surface area contributed by atoms with Crippen LogP contribution in [0.15, 0.2) is 12.4 Å². The molecule has 1 heterocycles. The van der Waals surface area contributed by atoms with Gasteiger partial charge < -0.3 is 10.6 Å². The zero-order valence-corrected chi connectivity index (χ0v) is 12.1. The summed E-state index contributed by atoms with van der Waals surface area (Å²) in [7, 11) is 2.13. The highest BCUT2D eigenvalue weighted by Gasteiger charge is 2.18. The van der Waals surface area contributed by atoms with E-state index in [4.69, 9.17) is 5.73 Å². The van der Waals surface area contributed by atoms with Crippen molar-refractivity contribution in [2.45, 2.75) is 33.9 Å². The van der Waals surface area contributed by atoms with Gasteiger partial charge in [0.1, 0.15) is 0 Å². The molecule has 100 valence electrons. The Morgan fingerprint density at radius 3 is 2.59 bits per heavy atom. The Morgan fingerprint density at radius 2 is 2.12 bits per heavy atom. The summed E-state index contributed by atoms with van der Waals surface area (Å²) >= 11 is 0. The Bertz CT molecular complexity index is 322. The number of halogens is 1. The molecule has 4 nitrogen and oxygen atoms in total. The molecule has 0 saturated heterocycles. The predicted octanol–water partition coefficient (Wildman–Crippen LogP) is 1.74. The van der Waals surface area contributed by atoms with Crippen molar-refractivity contribution in [3.8, 4) is 0 Å². The zero-order chi connectivity index (χ0) is 12.2. The molecule has 0 amide bonds. The minimum Gasteiger partial charge on any atom is -0.330 e. The van der Waals surface area contributed by atoms with Gasteiger partial charge in [-0.3, -0.25) is 4.68 Å². The minimum atomic E-state index is 0. The van der Waals surface area contributed by atoms with E-state index in [2.05, 4.69) is 44.0 Å². The number of aryl methyl sites for hydroxylation is 1. The van der Waals surface area contributed by atoms with E-state index in [0.717, 1.165) is 19.6 Å². The molecule has 2 N–H and O–H groups in total. The van der Waals surface area contributed by atoms with E-state index in [0.29, 0.717) is 6.54 Å². The number of nitrogens with two attached hydrogens (primary N) is 1. The Balaban J connectivity index is 0.00000256. The lowest BCUT2D eigenvalue weighted by molar-refractivity contribution is 0.210. The third-order valence-electron chi connectivity index (χ3n) is 2.71. The molecule has 1 rings (SSSR count). The molecule has 0 aliphatic carbocycles. The van der Waals surface area contributed by atoms with Crippen LogP contribution in [0.2, 0.25) is 0 Å². The Morgan fingerprint density at radius 1 is 1.47 bits per heavy atom. The first-order valence-electron chi connectivity index (χ1n) is 5.87. The first-order chi connectivity index (χ1) is 7.46. The molecule has 0 bridgehead atoms. The number of aromatic nitrogens is 2. The van der Waals surface area contributed by atoms with Crippen LogP contribution in [-0.2, 0) is 13.1 Å². The molecule has 0 aliphatic rings. The highest BCUT2D eigenvalue weighted by molar-refractivity contribution is 5.85. The van der Waals surface area contributed by atoms with Gasteiger partial charge in [0, 0.05) is 31.4 Å². The molecule has 0 aromatic carbocycles. The van der Waals surface area contributed by atoms with Crippen LogP contribution in [-0.4, -0.2) is 34.8 Å². The summed E-state index contributed by atoms with van der Waals surface area (Å²) in [5.74, 6) is 0. The molecule has 0 fully saturated rings. The van der Waals surface area contributed by atoms with Gasteiger partial charge in [-0.2, -0.15) is 5.10 Å². The van der Waals surface area contributed by atoms with Crippen molar-refractivity contribution in [1.29, 1.82) is 0 Å². The Hall–Kier alpha value is -0.580. The van der Waals surface area contributed by atoms with Crippen LogP contribution in [0.3, 0.4) is 0 Å². The van der Waals surface area contributed by atoms with E-state index in [1.165, 1.54) is 5.56 Å². The van der Waals surface area contributed by atoms with E-state index in [9.17, 15) is 0 Å². The summed E-state index contributed by atoms with van der Waals surface area (Å²) < 4.78 is 1.96. The van der Waals surface area contributed by atoms with Gasteiger partial charge in [-0.25, -0.2) is 0 Å². The van der Waals surface area contributed by atoms with Crippen molar-refractivity contribution in [2.75, 3.05) is 20.1 Å².